The highest BCUT2D eigenvalue weighted by Crippen LogP contribution is 2.39. The smallest absolute Gasteiger partial charge is 0.410 e. The number of aromatic nitrogens is 1. The molecule has 0 radical (unpaired) electrons. The van der Waals surface area contributed by atoms with Gasteiger partial charge in [-0.25, -0.2) is 4.79 Å². The number of ether oxygens (including phenoxy) is 3. The normalized spacial score (nSPS) is 17.9. The van der Waals surface area contributed by atoms with E-state index in [-0.39, 0.29) is 30.1 Å². The number of hydrogen-bond donors (Lipinski definition) is 0. The van der Waals surface area contributed by atoms with Crippen molar-refractivity contribution >= 4 is 12.0 Å². The minimum absolute atomic E-state index is 0.0187. The molecule has 1 unspecified atom stereocenters. The molecule has 3 heterocycles. The molecule has 49 heavy (non-hydrogen) atoms. The zero-order valence-electron chi connectivity index (χ0n) is 31.0. The average molecular weight is 673 g/mol. The number of nitrogens with zero attached hydrogens (tertiary/aromatic N) is 4. The summed E-state index contributed by atoms with van der Waals surface area (Å²) >= 11 is 0. The maximum Gasteiger partial charge on any atom is 0.410 e. The number of carbonyl (C=O) groups is 2. The van der Waals surface area contributed by atoms with E-state index in [1.807, 2.05) is 70.8 Å². The molecule has 1 atom stereocenters. The number of pyridine rings is 1. The third-order valence-electron chi connectivity index (χ3n) is 10.0. The number of piperazine rings is 1. The third kappa shape index (κ3) is 7.20. The van der Waals surface area contributed by atoms with Crippen LogP contribution in [0, 0.1) is 13.8 Å². The second-order valence-corrected chi connectivity index (χ2v) is 15.1. The Balaban J connectivity index is 1.36. The minimum atomic E-state index is -0.560. The molecule has 0 saturated carbocycles. The Bertz CT molecular complexity index is 1800. The standard InChI is InChI=1S/C39H52N4O6/c1-24-25(2)36(45)40(9)20-31(24)28-17-33(47-10)32(34(18-28)48-11)21-41-22-35(44)43(39(7,8)23-41)19-27-13-12-14-29-26(3)42(16-15-30(27)29)37(46)49-38(4,5)6/h12-14,17-18,20,26H,15-16,19,21-23H2,1-11H3. The van der Waals surface area contributed by atoms with E-state index in [4.69, 9.17) is 14.2 Å². The van der Waals surface area contributed by atoms with Crippen LogP contribution in [0.1, 0.15) is 81.0 Å². The molecule has 10 heteroatoms. The Morgan fingerprint density at radius 2 is 1.65 bits per heavy atom. The van der Waals surface area contributed by atoms with E-state index in [9.17, 15) is 14.4 Å². The van der Waals surface area contributed by atoms with E-state index in [0.717, 1.165) is 33.4 Å². The largest absolute Gasteiger partial charge is 0.496 e. The molecule has 2 amide bonds. The Labute approximate surface area is 290 Å². The van der Waals surface area contributed by atoms with Gasteiger partial charge in [0.05, 0.1) is 37.9 Å². The zero-order valence-corrected chi connectivity index (χ0v) is 31.0. The predicted octanol–water partition coefficient (Wildman–Crippen LogP) is 6.16. The Morgan fingerprint density at radius 3 is 2.24 bits per heavy atom. The highest BCUT2D eigenvalue weighted by Gasteiger charge is 2.40. The summed E-state index contributed by atoms with van der Waals surface area (Å²) < 4.78 is 19.1. The second kappa shape index (κ2) is 13.5. The van der Waals surface area contributed by atoms with Crippen LogP contribution >= 0.6 is 0 Å². The summed E-state index contributed by atoms with van der Waals surface area (Å²) in [6, 6.07) is 10.1. The van der Waals surface area contributed by atoms with Gasteiger partial charge < -0.3 is 28.6 Å². The summed E-state index contributed by atoms with van der Waals surface area (Å²) in [5.74, 6) is 1.38. The summed E-state index contributed by atoms with van der Waals surface area (Å²) in [5, 5.41) is 0. The molecule has 1 aromatic heterocycles. The molecule has 5 rings (SSSR count). The molecule has 264 valence electrons. The average Bonchev–Trinajstić information content (AvgIpc) is 3.02. The first-order valence-corrected chi connectivity index (χ1v) is 17.0. The number of methoxy groups -OCH3 is 2. The predicted molar refractivity (Wildman–Crippen MR) is 191 cm³/mol. The van der Waals surface area contributed by atoms with Gasteiger partial charge >= 0.3 is 6.09 Å². The lowest BCUT2D eigenvalue weighted by atomic mass is 9.88. The summed E-state index contributed by atoms with van der Waals surface area (Å²) in [6.45, 7) is 18.2. The Morgan fingerprint density at radius 1 is 1.00 bits per heavy atom. The van der Waals surface area contributed by atoms with E-state index in [0.29, 0.717) is 49.7 Å². The van der Waals surface area contributed by atoms with Crippen molar-refractivity contribution < 1.29 is 23.8 Å². The van der Waals surface area contributed by atoms with Gasteiger partial charge in [-0.1, -0.05) is 18.2 Å². The SMILES string of the molecule is COc1cc(-c2cn(C)c(=O)c(C)c2C)cc(OC)c1CN1CC(=O)N(Cc2cccc3c2CCN(C(=O)OC(C)(C)C)C3C)C(C)(C)C1. The highest BCUT2D eigenvalue weighted by molar-refractivity contribution is 5.80. The van der Waals surface area contributed by atoms with Crippen molar-refractivity contribution in [3.63, 3.8) is 0 Å². The summed E-state index contributed by atoms with van der Waals surface area (Å²) in [6.07, 6.45) is 2.25. The van der Waals surface area contributed by atoms with Gasteiger partial charge in [0, 0.05) is 50.6 Å². The van der Waals surface area contributed by atoms with Gasteiger partial charge in [-0.15, -0.1) is 0 Å². The molecule has 3 aromatic rings. The molecule has 2 aromatic carbocycles. The van der Waals surface area contributed by atoms with Gasteiger partial charge in [0.15, 0.2) is 0 Å². The second-order valence-electron chi connectivity index (χ2n) is 15.1. The van der Waals surface area contributed by atoms with E-state index in [1.54, 1.807) is 30.7 Å². The summed E-state index contributed by atoms with van der Waals surface area (Å²) in [7, 11) is 5.04. The summed E-state index contributed by atoms with van der Waals surface area (Å²) in [4.78, 5) is 45.3. The lowest BCUT2D eigenvalue weighted by molar-refractivity contribution is -0.146. The van der Waals surface area contributed by atoms with Crippen LogP contribution in [0.5, 0.6) is 11.5 Å². The number of carbonyl (C=O) groups excluding carboxylic acids is 2. The number of hydrogen-bond acceptors (Lipinski definition) is 7. The molecule has 0 spiro atoms. The Kier molecular flexibility index (Phi) is 9.94. The number of aryl methyl sites for hydroxylation is 1. The quantitative estimate of drug-likeness (QED) is 0.297. The molecule has 2 aliphatic rings. The van der Waals surface area contributed by atoms with Crippen molar-refractivity contribution in [2.45, 2.75) is 92.1 Å². The Hall–Kier alpha value is -4.31. The number of fused-ring (bicyclic) bond motifs is 1. The first-order chi connectivity index (χ1) is 22.9. The van der Waals surface area contributed by atoms with Gasteiger partial charge in [-0.2, -0.15) is 0 Å². The molecule has 0 N–H and O–H groups in total. The van der Waals surface area contributed by atoms with Gasteiger partial charge in [0.25, 0.3) is 5.56 Å². The van der Waals surface area contributed by atoms with Crippen LogP contribution in [0.15, 0.2) is 41.3 Å². The van der Waals surface area contributed by atoms with Crippen molar-refractivity contribution in [2.75, 3.05) is 33.9 Å². The molecule has 10 nitrogen and oxygen atoms in total. The van der Waals surface area contributed by atoms with E-state index in [2.05, 4.69) is 30.9 Å². The van der Waals surface area contributed by atoms with Crippen molar-refractivity contribution in [3.05, 3.63) is 80.3 Å². The van der Waals surface area contributed by atoms with Crippen molar-refractivity contribution in [1.29, 1.82) is 0 Å². The molecular formula is C39H52N4O6. The molecule has 0 bridgehead atoms. The highest BCUT2D eigenvalue weighted by atomic mass is 16.6. The van der Waals surface area contributed by atoms with Gasteiger partial charge in [-0.3, -0.25) is 14.5 Å². The first kappa shape index (κ1) is 36.0. The maximum atomic E-state index is 13.9. The monoisotopic (exact) mass is 672 g/mol. The maximum absolute atomic E-state index is 13.9. The van der Waals surface area contributed by atoms with Crippen LogP contribution in [0.25, 0.3) is 11.1 Å². The minimum Gasteiger partial charge on any atom is -0.496 e. The molecular weight excluding hydrogens is 620 g/mol. The van der Waals surface area contributed by atoms with E-state index >= 15 is 0 Å². The number of benzene rings is 2. The number of rotatable bonds is 7. The van der Waals surface area contributed by atoms with Crippen molar-refractivity contribution in [3.8, 4) is 22.6 Å². The topological polar surface area (TPSA) is 93.5 Å². The fraction of sp³-hybridized carbons (Fsp3) is 0.513. The van der Waals surface area contributed by atoms with Crippen LogP contribution < -0.4 is 15.0 Å². The van der Waals surface area contributed by atoms with Gasteiger partial charge in [0.2, 0.25) is 5.91 Å². The van der Waals surface area contributed by atoms with Crippen molar-refractivity contribution in [2.24, 2.45) is 7.05 Å². The molecule has 2 aliphatic heterocycles. The van der Waals surface area contributed by atoms with Crippen LogP contribution in [-0.2, 0) is 36.1 Å². The van der Waals surface area contributed by atoms with E-state index < -0.39 is 11.1 Å². The van der Waals surface area contributed by atoms with Crippen LogP contribution in [-0.4, -0.2) is 76.3 Å². The van der Waals surface area contributed by atoms with Crippen molar-refractivity contribution in [1.82, 2.24) is 19.3 Å². The molecule has 0 aliphatic carbocycles. The third-order valence-corrected chi connectivity index (χ3v) is 10.0. The van der Waals surface area contributed by atoms with Crippen LogP contribution in [0.2, 0.25) is 0 Å². The number of amides is 2. The molecule has 1 saturated heterocycles. The fourth-order valence-corrected chi connectivity index (χ4v) is 7.34. The summed E-state index contributed by atoms with van der Waals surface area (Å²) in [5.41, 5.74) is 6.70. The van der Waals surface area contributed by atoms with Crippen LogP contribution in [0.4, 0.5) is 4.79 Å². The van der Waals surface area contributed by atoms with Crippen LogP contribution in [0.3, 0.4) is 0 Å². The zero-order chi connectivity index (χ0) is 36.0. The first-order valence-electron chi connectivity index (χ1n) is 17.0. The van der Waals surface area contributed by atoms with Gasteiger partial charge in [-0.05, 0) is 102 Å². The van der Waals surface area contributed by atoms with E-state index in [1.165, 1.54) is 5.56 Å². The molecule has 1 fully saturated rings. The van der Waals surface area contributed by atoms with Gasteiger partial charge in [0.1, 0.15) is 17.1 Å². The lowest BCUT2D eigenvalue weighted by Crippen LogP contribution is -2.61. The fourth-order valence-electron chi connectivity index (χ4n) is 7.34. The lowest BCUT2D eigenvalue weighted by Gasteiger charge is -2.47.